The van der Waals surface area contributed by atoms with Crippen LogP contribution in [0, 0.1) is 0 Å². The van der Waals surface area contributed by atoms with Crippen LogP contribution in [-0.4, -0.2) is 56.0 Å². The Balaban J connectivity index is 3.03. The molecule has 1 amide bonds. The number of nitrogens with one attached hydrogen (secondary N) is 2. The number of aromatic amines is 1. The number of hydrogen-bond acceptors (Lipinski definition) is 8. The summed E-state index contributed by atoms with van der Waals surface area (Å²) in [6, 6.07) is 1.16. The number of likely N-dealkylation sites (N-methyl/N-ethyl adjacent to an activating group) is 1. The molecule has 0 saturated carbocycles. The number of rotatable bonds is 12. The minimum Gasteiger partial charge on any atom is -0.367 e. The third-order valence-electron chi connectivity index (χ3n) is 3.66. The van der Waals surface area contributed by atoms with Gasteiger partial charge in [0.05, 0.1) is 12.7 Å². The largest absolute Gasteiger partial charge is 0.367 e. The van der Waals surface area contributed by atoms with Gasteiger partial charge >= 0.3 is 13.3 Å². The van der Waals surface area contributed by atoms with E-state index in [-0.39, 0.29) is 19.1 Å². The Morgan fingerprint density at radius 3 is 2.57 bits per heavy atom. The van der Waals surface area contributed by atoms with Crippen molar-refractivity contribution in [3.63, 3.8) is 0 Å². The van der Waals surface area contributed by atoms with Gasteiger partial charge in [0.15, 0.2) is 6.23 Å². The Morgan fingerprint density at radius 1 is 1.36 bits per heavy atom. The zero-order valence-corrected chi connectivity index (χ0v) is 17.1. The lowest BCUT2D eigenvalue weighted by Crippen LogP contribution is -2.36. The molecular weight excluding hydrogens is 393 g/mol. The van der Waals surface area contributed by atoms with Crippen molar-refractivity contribution in [3.8, 4) is 0 Å². The summed E-state index contributed by atoms with van der Waals surface area (Å²) in [6.07, 6.45) is 1.70. The van der Waals surface area contributed by atoms with E-state index in [1.54, 1.807) is 0 Å². The first kappa shape index (κ1) is 24.0. The average molecular weight is 419 g/mol. The minimum absolute atomic E-state index is 0.143. The first-order valence-electron chi connectivity index (χ1n) is 8.44. The quantitative estimate of drug-likeness (QED) is 0.470. The minimum atomic E-state index is -3.38. The van der Waals surface area contributed by atoms with Crippen molar-refractivity contribution in [3.05, 3.63) is 45.0 Å². The summed E-state index contributed by atoms with van der Waals surface area (Å²) in [5.74, 6) is 0.917. The third-order valence-corrected chi connectivity index (χ3v) is 5.22. The predicted octanol–water partition coefficient (Wildman–Crippen LogP) is 0.593. The van der Waals surface area contributed by atoms with E-state index in [9.17, 15) is 18.9 Å². The average Bonchev–Trinajstić information content (AvgIpc) is 2.69. The molecule has 0 aliphatic rings. The lowest BCUT2D eigenvalue weighted by Gasteiger charge is -2.24. The molecule has 2 atom stereocenters. The highest BCUT2D eigenvalue weighted by Crippen LogP contribution is 2.48. The van der Waals surface area contributed by atoms with Gasteiger partial charge in [0.2, 0.25) is 5.91 Å². The van der Waals surface area contributed by atoms with Crippen LogP contribution in [0.25, 0.3) is 0 Å². The normalized spacial score (nSPS) is 14.1. The van der Waals surface area contributed by atoms with Crippen LogP contribution >= 0.6 is 7.60 Å². The lowest BCUT2D eigenvalue weighted by molar-refractivity contribution is -0.130. The summed E-state index contributed by atoms with van der Waals surface area (Å²) < 4.78 is 34.1. The van der Waals surface area contributed by atoms with Crippen LogP contribution in [-0.2, 0) is 27.9 Å². The van der Waals surface area contributed by atoms with Gasteiger partial charge in [-0.3, -0.25) is 23.7 Å². The maximum atomic E-state index is 12.1. The molecule has 1 aromatic rings. The van der Waals surface area contributed by atoms with E-state index >= 15 is 0 Å². The van der Waals surface area contributed by atoms with Crippen LogP contribution in [0.1, 0.15) is 19.6 Å². The highest BCUT2D eigenvalue weighted by atomic mass is 31.2. The maximum absolute atomic E-state index is 12.1. The first-order valence-corrected chi connectivity index (χ1v) is 10.1. The Morgan fingerprint density at radius 2 is 2.04 bits per heavy atom. The summed E-state index contributed by atoms with van der Waals surface area (Å²) >= 11 is 0. The van der Waals surface area contributed by atoms with Crippen LogP contribution in [0.5, 0.6) is 0 Å². The third kappa shape index (κ3) is 7.53. The van der Waals surface area contributed by atoms with Crippen molar-refractivity contribution < 1.29 is 27.9 Å². The number of hydrogen-bond donors (Lipinski definition) is 2. The SMILES string of the molecule is CC[C@@H](/C=C/P(=O)(OC)OC)O[C@H](COCC(=O)NC)n1ccc(=O)[nH]c1=O. The van der Waals surface area contributed by atoms with Crippen molar-refractivity contribution in [2.45, 2.75) is 25.7 Å². The molecule has 11 nitrogen and oxygen atoms in total. The highest BCUT2D eigenvalue weighted by Gasteiger charge is 2.21. The molecular formula is C16H26N3O8P. The topological polar surface area (TPSA) is 138 Å². The Bertz CT molecular complexity index is 811. The van der Waals surface area contributed by atoms with Crippen LogP contribution in [0.3, 0.4) is 0 Å². The molecule has 12 heteroatoms. The molecule has 0 aliphatic heterocycles. The zero-order chi connectivity index (χ0) is 21.2. The molecule has 0 aliphatic carbocycles. The van der Waals surface area contributed by atoms with Crippen molar-refractivity contribution in [1.29, 1.82) is 0 Å². The van der Waals surface area contributed by atoms with Crippen molar-refractivity contribution in [1.82, 2.24) is 14.9 Å². The standard InChI is InChI=1S/C16H26N3O8P/c1-5-12(7-9-28(23,24-3)25-4)27-15(11-26-10-14(21)17-2)19-8-6-13(20)18-16(19)22/h6-9,12,15H,5,10-11H2,1-4H3,(H,17,21)(H,18,20,22)/b9-7+/t12-,15+/m0/s1. The van der Waals surface area contributed by atoms with Crippen LogP contribution < -0.4 is 16.6 Å². The number of amides is 1. The summed E-state index contributed by atoms with van der Waals surface area (Å²) in [5.41, 5.74) is -1.25. The van der Waals surface area contributed by atoms with E-state index in [4.69, 9.17) is 18.5 Å². The summed E-state index contributed by atoms with van der Waals surface area (Å²) in [5, 5.41) is 2.41. The fourth-order valence-corrected chi connectivity index (χ4v) is 2.84. The number of carbonyl (C=O) groups excluding carboxylic acids is 1. The van der Waals surface area contributed by atoms with E-state index in [2.05, 4.69) is 10.3 Å². The van der Waals surface area contributed by atoms with E-state index in [0.29, 0.717) is 6.42 Å². The number of ether oxygens (including phenoxy) is 2. The number of nitrogens with zero attached hydrogens (tertiary/aromatic N) is 1. The van der Waals surface area contributed by atoms with E-state index in [0.717, 1.165) is 10.6 Å². The second kappa shape index (κ2) is 11.7. The number of carbonyl (C=O) groups is 1. The second-order valence-corrected chi connectivity index (χ2v) is 7.60. The number of H-pyrrole nitrogens is 1. The van der Waals surface area contributed by atoms with Gasteiger partial charge in [0.25, 0.3) is 5.56 Å². The predicted molar refractivity (Wildman–Crippen MR) is 101 cm³/mol. The smallest absolute Gasteiger partial charge is 0.353 e. The molecule has 28 heavy (non-hydrogen) atoms. The fraction of sp³-hybridized carbons (Fsp3) is 0.562. The van der Waals surface area contributed by atoms with Crippen molar-refractivity contribution in [2.75, 3.05) is 34.5 Å². The molecule has 158 valence electrons. The second-order valence-electron chi connectivity index (χ2n) is 5.49. The van der Waals surface area contributed by atoms with Gasteiger partial charge in [-0.25, -0.2) is 4.79 Å². The molecule has 0 aromatic carbocycles. The molecule has 1 heterocycles. The fourth-order valence-electron chi connectivity index (χ4n) is 2.04. The summed E-state index contributed by atoms with van der Waals surface area (Å²) in [7, 11) is 0.599. The molecule has 2 N–H and O–H groups in total. The van der Waals surface area contributed by atoms with Crippen molar-refractivity contribution in [2.24, 2.45) is 0 Å². The van der Waals surface area contributed by atoms with Gasteiger partial charge in [0, 0.05) is 39.3 Å². The monoisotopic (exact) mass is 419 g/mol. The molecule has 1 rings (SSSR count). The van der Waals surface area contributed by atoms with Gasteiger partial charge in [0.1, 0.15) is 6.61 Å². The van der Waals surface area contributed by atoms with Crippen LogP contribution in [0.15, 0.2) is 33.7 Å². The van der Waals surface area contributed by atoms with Crippen LogP contribution in [0.4, 0.5) is 0 Å². The summed E-state index contributed by atoms with van der Waals surface area (Å²) in [6.45, 7) is 1.44. The first-order chi connectivity index (χ1) is 13.3. The maximum Gasteiger partial charge on any atom is 0.353 e. The molecule has 0 saturated heterocycles. The molecule has 1 aromatic heterocycles. The molecule has 0 fully saturated rings. The Hall–Kier alpha value is -2.04. The molecule has 0 radical (unpaired) electrons. The molecule has 0 unspecified atom stereocenters. The Labute approximate surface area is 162 Å². The van der Waals surface area contributed by atoms with Gasteiger partial charge in [-0.2, -0.15) is 0 Å². The lowest BCUT2D eigenvalue weighted by atomic mass is 10.3. The van der Waals surface area contributed by atoms with Crippen molar-refractivity contribution >= 4 is 13.5 Å². The van der Waals surface area contributed by atoms with E-state index in [1.807, 2.05) is 6.92 Å². The molecule has 0 spiro atoms. The van der Waals surface area contributed by atoms with Gasteiger partial charge in [-0.1, -0.05) is 6.92 Å². The highest BCUT2D eigenvalue weighted by molar-refractivity contribution is 7.57. The summed E-state index contributed by atoms with van der Waals surface area (Å²) in [4.78, 5) is 36.9. The number of aromatic nitrogens is 2. The van der Waals surface area contributed by atoms with E-state index < -0.39 is 31.2 Å². The Kier molecular flexibility index (Phi) is 10.0. The molecule has 0 bridgehead atoms. The van der Waals surface area contributed by atoms with Gasteiger partial charge in [-0.05, 0) is 12.5 Å². The van der Waals surface area contributed by atoms with E-state index in [1.165, 1.54) is 39.4 Å². The van der Waals surface area contributed by atoms with Gasteiger partial charge < -0.3 is 23.8 Å². The van der Waals surface area contributed by atoms with Crippen LogP contribution in [0.2, 0.25) is 0 Å². The van der Waals surface area contributed by atoms with Gasteiger partial charge in [-0.15, -0.1) is 0 Å². The zero-order valence-electron chi connectivity index (χ0n) is 16.2.